The van der Waals surface area contributed by atoms with Crippen LogP contribution in [0.2, 0.25) is 0 Å². The second kappa shape index (κ2) is 6.86. The van der Waals surface area contributed by atoms with Crippen molar-refractivity contribution in [3.63, 3.8) is 0 Å². The van der Waals surface area contributed by atoms with E-state index in [0.29, 0.717) is 12.8 Å². The minimum atomic E-state index is -0.648. The molecular weight excluding hydrogens is 326 g/mol. The van der Waals surface area contributed by atoms with Crippen LogP contribution in [0.3, 0.4) is 0 Å². The lowest BCUT2D eigenvalue weighted by Crippen LogP contribution is -2.48. The molecule has 0 saturated carbocycles. The van der Waals surface area contributed by atoms with Crippen LogP contribution in [-0.4, -0.2) is 29.1 Å². The first-order chi connectivity index (χ1) is 12.7. The Kier molecular flexibility index (Phi) is 4.41. The standard InChI is InChI=1S/C21H21N3O2/c22-18(10-14-11-23-19-8-4-3-6-16(14)19)21(26)20-17-7-2-1-5-13(17)9-15(12-25)24-20/h1-8,11-12,15,18,20,23-24H,9-10,22H2. The number of hydrogen-bond acceptors (Lipinski definition) is 4. The van der Waals surface area contributed by atoms with Gasteiger partial charge < -0.3 is 15.5 Å². The Morgan fingerprint density at radius 3 is 2.81 bits per heavy atom. The predicted octanol–water partition coefficient (Wildman–Crippen LogP) is 2.06. The predicted molar refractivity (Wildman–Crippen MR) is 101 cm³/mol. The Morgan fingerprint density at radius 1 is 1.19 bits per heavy atom. The van der Waals surface area contributed by atoms with Crippen molar-refractivity contribution in [1.82, 2.24) is 10.3 Å². The van der Waals surface area contributed by atoms with E-state index in [4.69, 9.17) is 5.73 Å². The normalized spacial score (nSPS) is 20.5. The highest BCUT2D eigenvalue weighted by atomic mass is 16.1. The number of hydrogen-bond donors (Lipinski definition) is 3. The van der Waals surface area contributed by atoms with Crippen LogP contribution in [0, 0.1) is 0 Å². The molecule has 26 heavy (non-hydrogen) atoms. The number of aldehydes is 1. The van der Waals surface area contributed by atoms with E-state index in [1.807, 2.05) is 54.7 Å². The minimum absolute atomic E-state index is 0.0886. The van der Waals surface area contributed by atoms with Crippen LogP contribution in [0.25, 0.3) is 10.9 Å². The number of aromatic nitrogens is 1. The number of H-pyrrole nitrogens is 1. The van der Waals surface area contributed by atoms with Crippen LogP contribution >= 0.6 is 0 Å². The number of ketones is 1. The summed E-state index contributed by atoms with van der Waals surface area (Å²) in [5.41, 5.74) is 10.3. The molecule has 5 heteroatoms. The lowest BCUT2D eigenvalue weighted by atomic mass is 9.86. The smallest absolute Gasteiger partial charge is 0.171 e. The van der Waals surface area contributed by atoms with Crippen molar-refractivity contribution in [3.05, 3.63) is 71.4 Å². The van der Waals surface area contributed by atoms with Gasteiger partial charge in [-0.05, 0) is 35.6 Å². The lowest BCUT2D eigenvalue weighted by Gasteiger charge is -2.31. The summed E-state index contributed by atoms with van der Waals surface area (Å²) >= 11 is 0. The SMILES string of the molecule is NC(Cc1c[nH]c2ccccc12)C(=O)C1NC(C=O)Cc2ccccc21. The number of para-hydroxylation sites is 1. The molecule has 1 aromatic heterocycles. The van der Waals surface area contributed by atoms with Crippen LogP contribution in [0.1, 0.15) is 22.7 Å². The summed E-state index contributed by atoms with van der Waals surface area (Å²) < 4.78 is 0. The van der Waals surface area contributed by atoms with Gasteiger partial charge in [0.1, 0.15) is 6.29 Å². The Balaban J connectivity index is 1.59. The zero-order valence-electron chi connectivity index (χ0n) is 14.3. The summed E-state index contributed by atoms with van der Waals surface area (Å²) in [7, 11) is 0. The lowest BCUT2D eigenvalue weighted by molar-refractivity contribution is -0.123. The summed E-state index contributed by atoms with van der Waals surface area (Å²) in [4.78, 5) is 27.6. The molecule has 1 aliphatic heterocycles. The highest BCUT2D eigenvalue weighted by Gasteiger charge is 2.33. The zero-order valence-corrected chi connectivity index (χ0v) is 14.3. The second-order valence-electron chi connectivity index (χ2n) is 6.82. The van der Waals surface area contributed by atoms with E-state index >= 15 is 0 Å². The van der Waals surface area contributed by atoms with Crippen LogP contribution in [0.4, 0.5) is 0 Å². The van der Waals surface area contributed by atoms with Gasteiger partial charge in [0, 0.05) is 17.1 Å². The Bertz CT molecular complexity index is 963. The zero-order chi connectivity index (χ0) is 18.1. The van der Waals surface area contributed by atoms with Crippen molar-refractivity contribution in [1.29, 1.82) is 0 Å². The van der Waals surface area contributed by atoms with E-state index in [-0.39, 0.29) is 11.8 Å². The van der Waals surface area contributed by atoms with Gasteiger partial charge in [-0.25, -0.2) is 0 Å². The minimum Gasteiger partial charge on any atom is -0.361 e. The van der Waals surface area contributed by atoms with Gasteiger partial charge in [0.05, 0.1) is 18.1 Å². The molecular formula is C21H21N3O2. The third kappa shape index (κ3) is 2.96. The van der Waals surface area contributed by atoms with Gasteiger partial charge >= 0.3 is 0 Å². The molecule has 0 bridgehead atoms. The molecule has 3 unspecified atom stereocenters. The monoisotopic (exact) mass is 347 g/mol. The highest BCUT2D eigenvalue weighted by molar-refractivity contribution is 5.92. The maximum Gasteiger partial charge on any atom is 0.171 e. The average Bonchev–Trinajstić information content (AvgIpc) is 3.09. The molecule has 4 N–H and O–H groups in total. The fourth-order valence-electron chi connectivity index (χ4n) is 3.78. The maximum absolute atomic E-state index is 13.1. The summed E-state index contributed by atoms with van der Waals surface area (Å²) in [5.74, 6) is -0.0886. The van der Waals surface area contributed by atoms with E-state index in [2.05, 4.69) is 10.3 Å². The van der Waals surface area contributed by atoms with E-state index in [0.717, 1.165) is 33.9 Å². The molecule has 0 fully saturated rings. The number of aromatic amines is 1. The fraction of sp³-hybridized carbons (Fsp3) is 0.238. The third-order valence-electron chi connectivity index (χ3n) is 5.12. The van der Waals surface area contributed by atoms with E-state index in [1.165, 1.54) is 0 Å². The fourth-order valence-corrected chi connectivity index (χ4v) is 3.78. The highest BCUT2D eigenvalue weighted by Crippen LogP contribution is 2.27. The Labute approximate surface area is 151 Å². The van der Waals surface area contributed by atoms with Gasteiger partial charge in [0.15, 0.2) is 5.78 Å². The number of fused-ring (bicyclic) bond motifs is 2. The molecule has 3 atom stereocenters. The molecule has 2 aromatic carbocycles. The summed E-state index contributed by atoms with van der Waals surface area (Å²) in [6.07, 6.45) is 3.83. The summed E-state index contributed by atoms with van der Waals surface area (Å²) in [6.45, 7) is 0. The van der Waals surface area contributed by atoms with Gasteiger partial charge in [-0.1, -0.05) is 42.5 Å². The number of nitrogens with two attached hydrogens (primary N) is 1. The average molecular weight is 347 g/mol. The quantitative estimate of drug-likeness (QED) is 0.617. The van der Waals surface area contributed by atoms with Crippen molar-refractivity contribution >= 4 is 23.0 Å². The maximum atomic E-state index is 13.1. The van der Waals surface area contributed by atoms with Crippen LogP contribution < -0.4 is 11.1 Å². The third-order valence-corrected chi connectivity index (χ3v) is 5.12. The van der Waals surface area contributed by atoms with Gasteiger partial charge in [0.25, 0.3) is 0 Å². The molecule has 3 aromatic rings. The van der Waals surface area contributed by atoms with Crippen molar-refractivity contribution in [2.24, 2.45) is 5.73 Å². The van der Waals surface area contributed by atoms with E-state index in [1.54, 1.807) is 0 Å². The van der Waals surface area contributed by atoms with Crippen LogP contribution in [0.15, 0.2) is 54.7 Å². The molecule has 0 saturated heterocycles. The number of carbonyl (C=O) groups is 2. The van der Waals surface area contributed by atoms with Crippen molar-refractivity contribution in [2.45, 2.75) is 31.0 Å². The second-order valence-corrected chi connectivity index (χ2v) is 6.82. The van der Waals surface area contributed by atoms with E-state index in [9.17, 15) is 9.59 Å². The van der Waals surface area contributed by atoms with E-state index < -0.39 is 12.1 Å². The van der Waals surface area contributed by atoms with Gasteiger partial charge in [-0.2, -0.15) is 0 Å². The largest absolute Gasteiger partial charge is 0.361 e. The van der Waals surface area contributed by atoms with Crippen molar-refractivity contribution < 1.29 is 9.59 Å². The van der Waals surface area contributed by atoms with Crippen molar-refractivity contribution in [2.75, 3.05) is 0 Å². The molecule has 0 amide bonds. The molecule has 0 spiro atoms. The number of rotatable bonds is 5. The first-order valence-electron chi connectivity index (χ1n) is 8.81. The molecule has 0 aliphatic carbocycles. The number of carbonyl (C=O) groups excluding carboxylic acids is 2. The van der Waals surface area contributed by atoms with Gasteiger partial charge in [0.2, 0.25) is 0 Å². The van der Waals surface area contributed by atoms with Crippen molar-refractivity contribution in [3.8, 4) is 0 Å². The number of benzene rings is 2. The molecule has 0 radical (unpaired) electrons. The molecule has 1 aliphatic rings. The summed E-state index contributed by atoms with van der Waals surface area (Å²) in [5, 5.41) is 4.23. The Morgan fingerprint density at radius 2 is 1.96 bits per heavy atom. The van der Waals surface area contributed by atoms with Crippen LogP contribution in [-0.2, 0) is 22.4 Å². The number of nitrogens with one attached hydrogen (secondary N) is 2. The molecule has 5 nitrogen and oxygen atoms in total. The van der Waals surface area contributed by atoms with Gasteiger partial charge in [-0.3, -0.25) is 10.1 Å². The molecule has 132 valence electrons. The topological polar surface area (TPSA) is 88.0 Å². The number of Topliss-reactive ketones (excluding diaryl/α,β-unsaturated/α-hetero) is 1. The first-order valence-corrected chi connectivity index (χ1v) is 8.81. The van der Waals surface area contributed by atoms with Gasteiger partial charge in [-0.15, -0.1) is 0 Å². The molecule has 4 rings (SSSR count). The molecule has 2 heterocycles. The van der Waals surface area contributed by atoms with Crippen LogP contribution in [0.5, 0.6) is 0 Å². The first kappa shape index (κ1) is 16.7. The summed E-state index contributed by atoms with van der Waals surface area (Å²) in [6, 6.07) is 14.2. The Hall–Kier alpha value is -2.76.